The van der Waals surface area contributed by atoms with Gasteiger partial charge in [0.1, 0.15) is 0 Å². The van der Waals surface area contributed by atoms with Crippen molar-refractivity contribution in [3.05, 3.63) is 29.8 Å². The molecular formula is C11H17O3P. The molecule has 3 nitrogen and oxygen atoms in total. The van der Waals surface area contributed by atoms with Gasteiger partial charge in [0.05, 0.1) is 18.5 Å². The molecule has 0 saturated carbocycles. The van der Waals surface area contributed by atoms with Crippen LogP contribution in [0.1, 0.15) is 19.4 Å². The van der Waals surface area contributed by atoms with Gasteiger partial charge in [0.25, 0.3) is 0 Å². The first-order valence-corrected chi connectivity index (χ1v) is 6.63. The van der Waals surface area contributed by atoms with Gasteiger partial charge in [0.15, 0.2) is 0 Å². The van der Waals surface area contributed by atoms with Crippen LogP contribution in [0, 0.1) is 6.92 Å². The molecule has 4 heteroatoms. The van der Waals surface area contributed by atoms with E-state index in [-0.39, 0.29) is 0 Å². The first-order chi connectivity index (χ1) is 7.14. The van der Waals surface area contributed by atoms with Crippen molar-refractivity contribution >= 4 is 12.9 Å². The summed E-state index contributed by atoms with van der Waals surface area (Å²) < 4.78 is 22.9. The van der Waals surface area contributed by atoms with Gasteiger partial charge in [-0.25, -0.2) is 0 Å². The molecular weight excluding hydrogens is 211 g/mol. The van der Waals surface area contributed by atoms with Crippen LogP contribution in [0.25, 0.3) is 0 Å². The predicted molar refractivity (Wildman–Crippen MR) is 61.7 cm³/mol. The minimum Gasteiger partial charge on any atom is -0.305 e. The van der Waals surface area contributed by atoms with Crippen LogP contribution in [0.4, 0.5) is 0 Å². The standard InChI is InChI=1S/C11H17O3P/c1-4-13-15(12,14-5-2)11-9-7-6-8-10(11)3/h6-9H,4-5H2,1-3H3. The third kappa shape index (κ3) is 2.91. The summed E-state index contributed by atoms with van der Waals surface area (Å²) in [5.41, 5.74) is 0.933. The highest BCUT2D eigenvalue weighted by Crippen LogP contribution is 2.47. The molecule has 1 aromatic carbocycles. The van der Waals surface area contributed by atoms with E-state index < -0.39 is 7.60 Å². The van der Waals surface area contributed by atoms with Crippen LogP contribution in [-0.2, 0) is 13.6 Å². The van der Waals surface area contributed by atoms with E-state index in [9.17, 15) is 4.57 Å². The molecule has 84 valence electrons. The van der Waals surface area contributed by atoms with Crippen molar-refractivity contribution in [2.24, 2.45) is 0 Å². The number of benzene rings is 1. The molecule has 1 rings (SSSR count). The van der Waals surface area contributed by atoms with Crippen molar-refractivity contribution in [1.29, 1.82) is 0 Å². The predicted octanol–water partition coefficient (Wildman–Crippen LogP) is 2.89. The Balaban J connectivity index is 3.09. The lowest BCUT2D eigenvalue weighted by Gasteiger charge is -2.18. The average Bonchev–Trinajstić information content (AvgIpc) is 2.19. The third-order valence-electron chi connectivity index (χ3n) is 2.01. The van der Waals surface area contributed by atoms with Gasteiger partial charge in [0.2, 0.25) is 0 Å². The second kappa shape index (κ2) is 5.45. The van der Waals surface area contributed by atoms with Crippen LogP contribution in [0.3, 0.4) is 0 Å². The maximum Gasteiger partial charge on any atom is 0.361 e. The van der Waals surface area contributed by atoms with Crippen LogP contribution < -0.4 is 5.30 Å². The van der Waals surface area contributed by atoms with Gasteiger partial charge in [-0.2, -0.15) is 0 Å². The molecule has 0 saturated heterocycles. The lowest BCUT2D eigenvalue weighted by atomic mass is 10.2. The first kappa shape index (κ1) is 12.4. The number of aryl methyl sites for hydroxylation is 1. The Morgan fingerprint density at radius 1 is 1.13 bits per heavy atom. The molecule has 0 aromatic heterocycles. The molecule has 0 radical (unpaired) electrons. The Morgan fingerprint density at radius 2 is 1.67 bits per heavy atom. The molecule has 0 aliphatic heterocycles. The maximum atomic E-state index is 12.4. The van der Waals surface area contributed by atoms with Crippen molar-refractivity contribution in [1.82, 2.24) is 0 Å². The zero-order valence-corrected chi connectivity index (χ0v) is 10.3. The van der Waals surface area contributed by atoms with E-state index in [1.807, 2.05) is 39.0 Å². The summed E-state index contributed by atoms with van der Waals surface area (Å²) in [5.74, 6) is 0. The van der Waals surface area contributed by atoms with Crippen molar-refractivity contribution in [2.75, 3.05) is 13.2 Å². The van der Waals surface area contributed by atoms with Gasteiger partial charge in [-0.1, -0.05) is 18.2 Å². The molecule has 0 fully saturated rings. The van der Waals surface area contributed by atoms with E-state index in [1.165, 1.54) is 0 Å². The SMILES string of the molecule is CCOP(=O)(OCC)c1ccccc1C. The smallest absolute Gasteiger partial charge is 0.305 e. The van der Waals surface area contributed by atoms with E-state index in [4.69, 9.17) is 9.05 Å². The second-order valence-corrected chi connectivity index (χ2v) is 5.11. The quantitative estimate of drug-likeness (QED) is 0.727. The first-order valence-electron chi connectivity index (χ1n) is 5.09. The van der Waals surface area contributed by atoms with E-state index in [2.05, 4.69) is 0 Å². The molecule has 0 spiro atoms. The van der Waals surface area contributed by atoms with Crippen LogP contribution in [-0.4, -0.2) is 13.2 Å². The molecule has 0 amide bonds. The fourth-order valence-corrected chi connectivity index (χ4v) is 3.19. The maximum absolute atomic E-state index is 12.4. The van der Waals surface area contributed by atoms with Gasteiger partial charge in [0, 0.05) is 0 Å². The molecule has 0 aliphatic carbocycles. The minimum atomic E-state index is -3.11. The molecule has 0 aliphatic rings. The largest absolute Gasteiger partial charge is 0.361 e. The van der Waals surface area contributed by atoms with Crippen LogP contribution >= 0.6 is 7.60 Å². The fourth-order valence-electron chi connectivity index (χ4n) is 1.39. The number of rotatable bonds is 5. The van der Waals surface area contributed by atoms with Crippen molar-refractivity contribution in [3.8, 4) is 0 Å². The molecule has 0 atom stereocenters. The summed E-state index contributed by atoms with van der Waals surface area (Å²) in [6.45, 7) is 6.28. The lowest BCUT2D eigenvalue weighted by molar-refractivity contribution is 0.230. The van der Waals surface area contributed by atoms with Crippen LogP contribution in [0.5, 0.6) is 0 Å². The monoisotopic (exact) mass is 228 g/mol. The van der Waals surface area contributed by atoms with Gasteiger partial charge in [-0.3, -0.25) is 4.57 Å². The zero-order chi connectivity index (χ0) is 11.3. The molecule has 1 aromatic rings. The van der Waals surface area contributed by atoms with Gasteiger partial charge >= 0.3 is 7.60 Å². The summed E-state index contributed by atoms with van der Waals surface area (Å²) in [7, 11) is -3.11. The van der Waals surface area contributed by atoms with Crippen LogP contribution in [0.15, 0.2) is 24.3 Å². The lowest BCUT2D eigenvalue weighted by Crippen LogP contribution is -2.13. The van der Waals surface area contributed by atoms with Crippen LogP contribution in [0.2, 0.25) is 0 Å². The molecule has 0 N–H and O–H groups in total. The summed E-state index contributed by atoms with van der Waals surface area (Å²) in [6, 6.07) is 7.44. The van der Waals surface area contributed by atoms with Crippen molar-refractivity contribution in [2.45, 2.75) is 20.8 Å². The summed E-state index contributed by atoms with van der Waals surface area (Å²) in [4.78, 5) is 0. The topological polar surface area (TPSA) is 35.5 Å². The van der Waals surface area contributed by atoms with Crippen molar-refractivity contribution < 1.29 is 13.6 Å². The molecule has 0 unspecified atom stereocenters. The average molecular weight is 228 g/mol. The zero-order valence-electron chi connectivity index (χ0n) is 9.40. The minimum absolute atomic E-state index is 0.381. The Bertz CT molecular complexity index is 353. The molecule has 15 heavy (non-hydrogen) atoms. The summed E-state index contributed by atoms with van der Waals surface area (Å²) in [5, 5.41) is 0.661. The highest BCUT2D eigenvalue weighted by Gasteiger charge is 2.27. The Hall–Kier alpha value is -0.630. The Kier molecular flexibility index (Phi) is 4.52. The number of hydrogen-bond acceptors (Lipinski definition) is 3. The summed E-state index contributed by atoms with van der Waals surface area (Å²) >= 11 is 0. The Morgan fingerprint density at radius 3 is 2.13 bits per heavy atom. The summed E-state index contributed by atoms with van der Waals surface area (Å²) in [6.07, 6.45) is 0. The normalized spacial score (nSPS) is 11.7. The Labute approximate surface area is 90.9 Å². The van der Waals surface area contributed by atoms with Gasteiger partial charge < -0.3 is 9.05 Å². The van der Waals surface area contributed by atoms with E-state index in [0.29, 0.717) is 18.5 Å². The van der Waals surface area contributed by atoms with Gasteiger partial charge in [-0.15, -0.1) is 0 Å². The molecule has 0 heterocycles. The second-order valence-electron chi connectivity index (χ2n) is 3.12. The van der Waals surface area contributed by atoms with E-state index in [1.54, 1.807) is 6.07 Å². The highest BCUT2D eigenvalue weighted by molar-refractivity contribution is 7.62. The highest BCUT2D eigenvalue weighted by atomic mass is 31.2. The fraction of sp³-hybridized carbons (Fsp3) is 0.455. The van der Waals surface area contributed by atoms with Gasteiger partial charge in [-0.05, 0) is 32.4 Å². The van der Waals surface area contributed by atoms with E-state index in [0.717, 1.165) is 5.56 Å². The molecule has 0 bridgehead atoms. The van der Waals surface area contributed by atoms with E-state index >= 15 is 0 Å². The third-order valence-corrected chi connectivity index (χ3v) is 4.30. The van der Waals surface area contributed by atoms with Crippen molar-refractivity contribution in [3.63, 3.8) is 0 Å². The number of hydrogen-bond donors (Lipinski definition) is 0.